The van der Waals surface area contributed by atoms with Crippen LogP contribution in [-0.2, 0) is 14.8 Å². The highest BCUT2D eigenvalue weighted by molar-refractivity contribution is 7.89. The topological polar surface area (TPSA) is 66.5 Å². The summed E-state index contributed by atoms with van der Waals surface area (Å²) in [5, 5.41) is 3.04. The zero-order valence-electron chi connectivity index (χ0n) is 12.8. The van der Waals surface area contributed by atoms with Crippen molar-refractivity contribution < 1.29 is 13.2 Å². The Hall–Kier alpha value is -1.40. The Labute approximate surface area is 131 Å². The van der Waals surface area contributed by atoms with Crippen LogP contribution in [0.5, 0.6) is 0 Å². The van der Waals surface area contributed by atoms with Crippen LogP contribution in [0, 0.1) is 12.8 Å². The Bertz CT molecular complexity index is 642. The second-order valence-corrected chi connectivity index (χ2v) is 8.21. The molecule has 1 saturated heterocycles. The van der Waals surface area contributed by atoms with E-state index < -0.39 is 10.0 Å². The van der Waals surface area contributed by atoms with Crippen molar-refractivity contribution >= 4 is 15.9 Å². The number of hydrogen-bond acceptors (Lipinski definition) is 3. The monoisotopic (exact) mass is 322 g/mol. The first-order valence-electron chi connectivity index (χ1n) is 7.84. The number of hydrogen-bond donors (Lipinski definition) is 1. The maximum atomic E-state index is 12.6. The van der Waals surface area contributed by atoms with E-state index in [1.807, 2.05) is 19.1 Å². The van der Waals surface area contributed by atoms with Gasteiger partial charge in [-0.2, -0.15) is 4.31 Å². The van der Waals surface area contributed by atoms with Gasteiger partial charge >= 0.3 is 0 Å². The Morgan fingerprint density at radius 2 is 1.68 bits per heavy atom. The molecule has 1 saturated carbocycles. The van der Waals surface area contributed by atoms with Crippen LogP contribution in [0.15, 0.2) is 29.2 Å². The molecule has 1 heterocycles. The number of piperidine rings is 1. The van der Waals surface area contributed by atoms with Crippen molar-refractivity contribution in [2.75, 3.05) is 13.1 Å². The summed E-state index contributed by atoms with van der Waals surface area (Å²) in [6.07, 6.45) is 3.35. The summed E-state index contributed by atoms with van der Waals surface area (Å²) in [6, 6.07) is 7.06. The maximum absolute atomic E-state index is 12.6. The fourth-order valence-corrected chi connectivity index (χ4v) is 4.23. The molecule has 5 nitrogen and oxygen atoms in total. The summed E-state index contributed by atoms with van der Waals surface area (Å²) in [7, 11) is -3.41. The molecular formula is C16H22N2O3S. The number of sulfonamides is 1. The molecule has 22 heavy (non-hydrogen) atoms. The molecule has 1 aromatic carbocycles. The summed E-state index contributed by atoms with van der Waals surface area (Å²) >= 11 is 0. The molecule has 1 aliphatic carbocycles. The normalized spacial score (nSPS) is 20.8. The quantitative estimate of drug-likeness (QED) is 0.917. The van der Waals surface area contributed by atoms with E-state index in [0.717, 1.165) is 18.4 Å². The van der Waals surface area contributed by atoms with E-state index in [1.54, 1.807) is 12.1 Å². The molecule has 0 unspecified atom stereocenters. The summed E-state index contributed by atoms with van der Waals surface area (Å²) in [5.74, 6) is 0.342. The van der Waals surface area contributed by atoms with Crippen LogP contribution >= 0.6 is 0 Å². The molecule has 0 atom stereocenters. The van der Waals surface area contributed by atoms with Crippen LogP contribution in [-0.4, -0.2) is 37.8 Å². The lowest BCUT2D eigenvalue weighted by molar-refractivity contribution is -0.123. The lowest BCUT2D eigenvalue weighted by atomic mass is 10.1. The standard InChI is InChI=1S/C16H22N2O3S/c1-12-2-6-15(7-3-12)22(20,21)18-10-8-14(9-11-18)17-16(19)13-4-5-13/h2-3,6-7,13-14H,4-5,8-11H2,1H3,(H,17,19). The van der Waals surface area contributed by atoms with Crippen LogP contribution < -0.4 is 5.32 Å². The van der Waals surface area contributed by atoms with Crippen molar-refractivity contribution in [1.82, 2.24) is 9.62 Å². The number of aryl methyl sites for hydroxylation is 1. The van der Waals surface area contributed by atoms with E-state index in [0.29, 0.717) is 30.8 Å². The molecule has 0 spiro atoms. The van der Waals surface area contributed by atoms with Crippen molar-refractivity contribution in [3.8, 4) is 0 Å². The highest BCUT2D eigenvalue weighted by atomic mass is 32.2. The zero-order chi connectivity index (χ0) is 15.7. The second kappa shape index (κ2) is 6.01. The van der Waals surface area contributed by atoms with Crippen LogP contribution in [0.4, 0.5) is 0 Å². The SMILES string of the molecule is Cc1ccc(S(=O)(=O)N2CCC(NC(=O)C3CC3)CC2)cc1. The summed E-state index contributed by atoms with van der Waals surface area (Å²) in [4.78, 5) is 12.1. The first-order valence-corrected chi connectivity index (χ1v) is 9.28. The molecule has 2 fully saturated rings. The molecule has 1 aliphatic heterocycles. The third-order valence-electron chi connectivity index (χ3n) is 4.41. The van der Waals surface area contributed by atoms with Gasteiger partial charge in [-0.15, -0.1) is 0 Å². The van der Waals surface area contributed by atoms with Gasteiger partial charge in [0.15, 0.2) is 0 Å². The fourth-order valence-electron chi connectivity index (χ4n) is 2.76. The molecule has 0 bridgehead atoms. The Morgan fingerprint density at radius 3 is 2.23 bits per heavy atom. The van der Waals surface area contributed by atoms with E-state index in [1.165, 1.54) is 4.31 Å². The maximum Gasteiger partial charge on any atom is 0.243 e. The zero-order valence-corrected chi connectivity index (χ0v) is 13.6. The largest absolute Gasteiger partial charge is 0.353 e. The minimum Gasteiger partial charge on any atom is -0.353 e. The van der Waals surface area contributed by atoms with E-state index >= 15 is 0 Å². The van der Waals surface area contributed by atoms with Gasteiger partial charge in [-0.3, -0.25) is 4.79 Å². The van der Waals surface area contributed by atoms with Crippen molar-refractivity contribution in [1.29, 1.82) is 0 Å². The van der Waals surface area contributed by atoms with Gasteiger partial charge in [0.25, 0.3) is 0 Å². The van der Waals surface area contributed by atoms with Crippen molar-refractivity contribution in [2.45, 2.75) is 43.5 Å². The van der Waals surface area contributed by atoms with Gasteiger partial charge < -0.3 is 5.32 Å². The number of rotatable bonds is 4. The van der Waals surface area contributed by atoms with E-state index in [9.17, 15) is 13.2 Å². The van der Waals surface area contributed by atoms with Crippen molar-refractivity contribution in [3.63, 3.8) is 0 Å². The lowest BCUT2D eigenvalue weighted by Gasteiger charge is -2.31. The Balaban J connectivity index is 1.60. The third kappa shape index (κ3) is 3.33. The predicted octanol–water partition coefficient (Wildman–Crippen LogP) is 1.67. The second-order valence-electron chi connectivity index (χ2n) is 6.27. The highest BCUT2D eigenvalue weighted by Gasteiger charge is 2.33. The van der Waals surface area contributed by atoms with E-state index in [4.69, 9.17) is 0 Å². The number of benzene rings is 1. The number of amides is 1. The first kappa shape index (κ1) is 15.5. The molecule has 0 aromatic heterocycles. The summed E-state index contributed by atoms with van der Waals surface area (Å²) in [5.41, 5.74) is 1.04. The van der Waals surface area contributed by atoms with Gasteiger partial charge in [-0.25, -0.2) is 8.42 Å². The van der Waals surface area contributed by atoms with Crippen LogP contribution in [0.2, 0.25) is 0 Å². The minimum atomic E-state index is -3.41. The van der Waals surface area contributed by atoms with Gasteiger partial charge in [-0.1, -0.05) is 17.7 Å². The fraction of sp³-hybridized carbons (Fsp3) is 0.562. The molecule has 2 aliphatic rings. The smallest absolute Gasteiger partial charge is 0.243 e. The molecular weight excluding hydrogens is 300 g/mol. The molecule has 1 aromatic rings. The summed E-state index contributed by atoms with van der Waals surface area (Å²) in [6.45, 7) is 2.86. The van der Waals surface area contributed by atoms with Gasteiger partial charge in [0.05, 0.1) is 4.90 Å². The van der Waals surface area contributed by atoms with E-state index in [2.05, 4.69) is 5.32 Å². The molecule has 0 radical (unpaired) electrons. The number of carbonyl (C=O) groups is 1. The number of carbonyl (C=O) groups excluding carboxylic acids is 1. The van der Waals surface area contributed by atoms with Gasteiger partial charge in [0.1, 0.15) is 0 Å². The number of nitrogens with one attached hydrogen (secondary N) is 1. The molecule has 1 amide bonds. The minimum absolute atomic E-state index is 0.109. The number of nitrogens with zero attached hydrogens (tertiary/aromatic N) is 1. The van der Waals surface area contributed by atoms with Crippen molar-refractivity contribution in [3.05, 3.63) is 29.8 Å². The first-order chi connectivity index (χ1) is 10.5. The van der Waals surface area contributed by atoms with Crippen LogP contribution in [0.1, 0.15) is 31.2 Å². The van der Waals surface area contributed by atoms with Gasteiger partial charge in [0.2, 0.25) is 15.9 Å². The average Bonchev–Trinajstić information content (AvgIpc) is 3.33. The van der Waals surface area contributed by atoms with Crippen LogP contribution in [0.25, 0.3) is 0 Å². The Morgan fingerprint density at radius 1 is 1.09 bits per heavy atom. The Kier molecular flexibility index (Phi) is 4.23. The average molecular weight is 322 g/mol. The highest BCUT2D eigenvalue weighted by Crippen LogP contribution is 2.29. The van der Waals surface area contributed by atoms with Crippen LogP contribution in [0.3, 0.4) is 0 Å². The molecule has 6 heteroatoms. The van der Waals surface area contributed by atoms with Gasteiger partial charge in [0, 0.05) is 25.0 Å². The lowest BCUT2D eigenvalue weighted by Crippen LogP contribution is -2.46. The summed E-state index contributed by atoms with van der Waals surface area (Å²) < 4.78 is 26.7. The van der Waals surface area contributed by atoms with E-state index in [-0.39, 0.29) is 17.9 Å². The van der Waals surface area contributed by atoms with Crippen molar-refractivity contribution in [2.24, 2.45) is 5.92 Å². The molecule has 1 N–H and O–H groups in total. The predicted molar refractivity (Wildman–Crippen MR) is 83.8 cm³/mol. The molecule has 3 rings (SSSR count). The van der Waals surface area contributed by atoms with Gasteiger partial charge in [-0.05, 0) is 44.7 Å². The third-order valence-corrected chi connectivity index (χ3v) is 6.32. The molecule has 120 valence electrons.